The summed E-state index contributed by atoms with van der Waals surface area (Å²) in [6, 6.07) is 27.7. The van der Waals surface area contributed by atoms with E-state index in [9.17, 15) is 10.0 Å². The highest BCUT2D eigenvalue weighted by molar-refractivity contribution is 5.74. The first-order valence-electron chi connectivity index (χ1n) is 9.99. The molecule has 0 aliphatic heterocycles. The van der Waals surface area contributed by atoms with Crippen molar-refractivity contribution >= 4 is 5.91 Å². The molecule has 3 aromatic rings. The van der Waals surface area contributed by atoms with E-state index < -0.39 is 0 Å². The van der Waals surface area contributed by atoms with Crippen molar-refractivity contribution in [2.75, 3.05) is 0 Å². The average Bonchev–Trinajstić information content (AvgIpc) is 2.77. The molecule has 4 nitrogen and oxygen atoms in total. The molecule has 0 bridgehead atoms. The highest BCUT2D eigenvalue weighted by Gasteiger charge is 2.10. The van der Waals surface area contributed by atoms with Gasteiger partial charge in [-0.05, 0) is 48.1 Å². The van der Waals surface area contributed by atoms with Crippen LogP contribution in [-0.2, 0) is 24.4 Å². The van der Waals surface area contributed by atoms with Crippen LogP contribution in [0, 0.1) is 0 Å². The van der Waals surface area contributed by atoms with Gasteiger partial charge in [0.25, 0.3) is 0 Å². The summed E-state index contributed by atoms with van der Waals surface area (Å²) < 4.78 is 5.80. The first-order valence-corrected chi connectivity index (χ1v) is 9.99. The van der Waals surface area contributed by atoms with Crippen molar-refractivity contribution in [3.63, 3.8) is 0 Å². The van der Waals surface area contributed by atoms with Gasteiger partial charge in [-0.1, -0.05) is 72.8 Å². The minimum Gasteiger partial charge on any atom is -0.489 e. The van der Waals surface area contributed by atoms with Gasteiger partial charge in [-0.3, -0.25) is 10.0 Å². The lowest BCUT2D eigenvalue weighted by Crippen LogP contribution is -2.26. The fourth-order valence-electron chi connectivity index (χ4n) is 3.07. The molecule has 1 amide bonds. The number of aryl methyl sites for hydroxylation is 1. The minimum atomic E-state index is -0.237. The van der Waals surface area contributed by atoms with E-state index in [0.29, 0.717) is 13.0 Å². The molecule has 0 radical (unpaired) electrons. The maximum absolute atomic E-state index is 12.1. The van der Waals surface area contributed by atoms with Crippen molar-refractivity contribution in [2.24, 2.45) is 0 Å². The molecule has 0 saturated heterocycles. The molecule has 0 aromatic heterocycles. The Morgan fingerprint density at radius 3 is 2.03 bits per heavy atom. The van der Waals surface area contributed by atoms with Crippen LogP contribution in [0.1, 0.15) is 36.0 Å². The number of carbonyl (C=O) groups excluding carboxylic acids is 1. The third-order valence-electron chi connectivity index (χ3n) is 4.74. The van der Waals surface area contributed by atoms with Crippen LogP contribution < -0.4 is 4.74 Å². The standard InChI is InChI=1S/C25H27NO3/c27-25(26(28)19-22-10-3-1-4-11-22)14-8-7-9-21-15-17-24(18-16-21)29-20-23-12-5-2-6-13-23/h1-6,10-13,15-18,28H,7-9,14,19-20H2. The van der Waals surface area contributed by atoms with E-state index in [-0.39, 0.29) is 12.5 Å². The Hall–Kier alpha value is -3.11. The number of unbranched alkanes of at least 4 members (excludes halogenated alkanes) is 1. The second kappa shape index (κ2) is 11.0. The van der Waals surface area contributed by atoms with Gasteiger partial charge in [-0.2, -0.15) is 0 Å². The zero-order valence-corrected chi connectivity index (χ0v) is 16.5. The first kappa shape index (κ1) is 20.6. The number of hydrogen-bond donors (Lipinski definition) is 1. The fourth-order valence-corrected chi connectivity index (χ4v) is 3.07. The zero-order valence-electron chi connectivity index (χ0n) is 16.5. The van der Waals surface area contributed by atoms with E-state index in [1.54, 1.807) is 0 Å². The molecule has 1 N–H and O–H groups in total. The van der Waals surface area contributed by atoms with Crippen molar-refractivity contribution in [1.29, 1.82) is 0 Å². The van der Waals surface area contributed by atoms with Gasteiger partial charge in [0.2, 0.25) is 5.91 Å². The molecule has 0 aliphatic rings. The minimum absolute atomic E-state index is 0.226. The SMILES string of the molecule is O=C(CCCCc1ccc(OCc2ccccc2)cc1)N(O)Cc1ccccc1. The van der Waals surface area contributed by atoms with Gasteiger partial charge in [0, 0.05) is 6.42 Å². The Labute approximate surface area is 172 Å². The molecule has 0 atom stereocenters. The second-order valence-corrected chi connectivity index (χ2v) is 7.06. The molecule has 0 aliphatic carbocycles. The van der Waals surface area contributed by atoms with Crippen molar-refractivity contribution in [3.05, 3.63) is 102 Å². The average molecular weight is 389 g/mol. The van der Waals surface area contributed by atoms with Crippen molar-refractivity contribution < 1.29 is 14.7 Å². The van der Waals surface area contributed by atoms with Gasteiger partial charge in [-0.15, -0.1) is 0 Å². The summed E-state index contributed by atoms with van der Waals surface area (Å²) in [5, 5.41) is 10.7. The Balaban J connectivity index is 1.34. The summed E-state index contributed by atoms with van der Waals surface area (Å²) in [5.41, 5.74) is 3.28. The molecule has 0 spiro atoms. The third-order valence-corrected chi connectivity index (χ3v) is 4.74. The van der Waals surface area contributed by atoms with Gasteiger partial charge < -0.3 is 4.74 Å². The topological polar surface area (TPSA) is 49.8 Å². The van der Waals surface area contributed by atoms with E-state index in [1.165, 1.54) is 5.56 Å². The largest absolute Gasteiger partial charge is 0.489 e. The highest BCUT2D eigenvalue weighted by Crippen LogP contribution is 2.16. The van der Waals surface area contributed by atoms with Crippen LogP contribution in [0.2, 0.25) is 0 Å². The van der Waals surface area contributed by atoms with Crippen molar-refractivity contribution in [1.82, 2.24) is 5.06 Å². The van der Waals surface area contributed by atoms with E-state index in [1.807, 2.05) is 72.8 Å². The molecule has 150 valence electrons. The van der Waals surface area contributed by atoms with Crippen LogP contribution in [-0.4, -0.2) is 16.2 Å². The number of hydrogen-bond acceptors (Lipinski definition) is 3. The van der Waals surface area contributed by atoms with Gasteiger partial charge in [0.15, 0.2) is 0 Å². The first-order chi connectivity index (χ1) is 14.2. The van der Waals surface area contributed by atoms with E-state index >= 15 is 0 Å². The van der Waals surface area contributed by atoms with Gasteiger partial charge >= 0.3 is 0 Å². The molecule has 29 heavy (non-hydrogen) atoms. The predicted molar refractivity (Wildman–Crippen MR) is 114 cm³/mol. The van der Waals surface area contributed by atoms with E-state index in [2.05, 4.69) is 12.1 Å². The normalized spacial score (nSPS) is 10.5. The van der Waals surface area contributed by atoms with Crippen LogP contribution in [0.5, 0.6) is 5.75 Å². The number of amides is 1. The summed E-state index contributed by atoms with van der Waals surface area (Å²) in [7, 11) is 0. The number of nitrogens with zero attached hydrogens (tertiary/aromatic N) is 1. The number of benzene rings is 3. The number of rotatable bonds is 10. The molecular weight excluding hydrogens is 362 g/mol. The van der Waals surface area contributed by atoms with Gasteiger partial charge in [0.05, 0.1) is 6.54 Å². The molecule has 0 heterocycles. The summed E-state index contributed by atoms with van der Waals surface area (Å²) in [6.07, 6.45) is 2.89. The van der Waals surface area contributed by atoms with Crippen molar-refractivity contribution in [2.45, 2.75) is 38.8 Å². The summed E-state index contributed by atoms with van der Waals surface area (Å²) in [4.78, 5) is 12.1. The van der Waals surface area contributed by atoms with Crippen LogP contribution in [0.15, 0.2) is 84.9 Å². The predicted octanol–water partition coefficient (Wildman–Crippen LogP) is 5.40. The maximum atomic E-state index is 12.1. The lowest BCUT2D eigenvalue weighted by Gasteiger charge is -2.15. The monoisotopic (exact) mass is 389 g/mol. The summed E-state index contributed by atoms with van der Waals surface area (Å²) in [5.74, 6) is 0.614. The summed E-state index contributed by atoms with van der Waals surface area (Å²) >= 11 is 0. The van der Waals surface area contributed by atoms with Gasteiger partial charge in [-0.25, -0.2) is 5.06 Å². The number of ether oxygens (including phenoxy) is 1. The van der Waals surface area contributed by atoms with E-state index in [0.717, 1.165) is 41.2 Å². The van der Waals surface area contributed by atoms with Crippen LogP contribution in [0.25, 0.3) is 0 Å². The molecular formula is C25H27NO3. The summed E-state index contributed by atoms with van der Waals surface area (Å²) in [6.45, 7) is 0.785. The molecule has 3 aromatic carbocycles. The quantitative estimate of drug-likeness (QED) is 0.287. The third kappa shape index (κ3) is 7.09. The second-order valence-electron chi connectivity index (χ2n) is 7.06. The number of hydroxylamine groups is 2. The van der Waals surface area contributed by atoms with Crippen LogP contribution in [0.4, 0.5) is 0 Å². The lowest BCUT2D eigenvalue weighted by molar-refractivity contribution is -0.168. The Kier molecular flexibility index (Phi) is 7.84. The highest BCUT2D eigenvalue weighted by atomic mass is 16.5. The zero-order chi connectivity index (χ0) is 20.3. The van der Waals surface area contributed by atoms with Crippen LogP contribution in [0.3, 0.4) is 0 Å². The smallest absolute Gasteiger partial charge is 0.246 e. The van der Waals surface area contributed by atoms with Gasteiger partial charge in [0.1, 0.15) is 12.4 Å². The molecule has 0 saturated carbocycles. The Morgan fingerprint density at radius 1 is 0.759 bits per heavy atom. The molecule has 4 heteroatoms. The van der Waals surface area contributed by atoms with Crippen molar-refractivity contribution in [3.8, 4) is 5.75 Å². The molecule has 0 fully saturated rings. The number of carbonyl (C=O) groups is 1. The maximum Gasteiger partial charge on any atom is 0.246 e. The van der Waals surface area contributed by atoms with E-state index in [4.69, 9.17) is 4.74 Å². The molecule has 3 rings (SSSR count). The fraction of sp³-hybridized carbons (Fsp3) is 0.240. The van der Waals surface area contributed by atoms with Crippen LogP contribution >= 0.6 is 0 Å². The lowest BCUT2D eigenvalue weighted by atomic mass is 10.1. The molecule has 0 unspecified atom stereocenters. The Bertz CT molecular complexity index is 864. The Morgan fingerprint density at radius 2 is 1.38 bits per heavy atom.